The fourth-order valence-electron chi connectivity index (χ4n) is 3.83. The minimum atomic E-state index is -1.38. The van der Waals surface area contributed by atoms with E-state index in [4.69, 9.17) is 9.84 Å². The molecule has 0 aliphatic carbocycles. The number of benzene rings is 2. The van der Waals surface area contributed by atoms with E-state index in [1.54, 1.807) is 12.1 Å². The monoisotopic (exact) mass is 669 g/mol. The van der Waals surface area contributed by atoms with Gasteiger partial charge < -0.3 is 30.5 Å². The van der Waals surface area contributed by atoms with Crippen molar-refractivity contribution in [2.24, 2.45) is 0 Å². The van der Waals surface area contributed by atoms with Crippen molar-refractivity contribution in [1.29, 1.82) is 0 Å². The molecule has 0 bridgehead atoms. The van der Waals surface area contributed by atoms with Crippen molar-refractivity contribution in [2.75, 3.05) is 28.6 Å². The number of halogens is 2. The van der Waals surface area contributed by atoms with E-state index in [2.05, 4.69) is 47.4 Å². The molecule has 0 aliphatic heterocycles. The summed E-state index contributed by atoms with van der Waals surface area (Å²) in [5.41, 5.74) is 2.84. The van der Waals surface area contributed by atoms with Gasteiger partial charge in [-0.2, -0.15) is 0 Å². The van der Waals surface area contributed by atoms with Crippen LogP contribution in [-0.4, -0.2) is 69.8 Å². The van der Waals surface area contributed by atoms with Crippen molar-refractivity contribution in [3.8, 4) is 11.5 Å². The Morgan fingerprint density at radius 3 is 2.00 bits per heavy atom. The zero-order chi connectivity index (χ0) is 29.1. The van der Waals surface area contributed by atoms with Crippen LogP contribution >= 0.6 is 31.9 Å². The van der Waals surface area contributed by atoms with Gasteiger partial charge in [0.25, 0.3) is 5.91 Å². The van der Waals surface area contributed by atoms with Gasteiger partial charge in [0.05, 0.1) is 0 Å². The molecule has 0 radical (unpaired) electrons. The number of alkyl halides is 2. The molecule has 10 nitrogen and oxygen atoms in total. The van der Waals surface area contributed by atoms with Crippen molar-refractivity contribution in [1.82, 2.24) is 10.6 Å². The second-order valence-corrected chi connectivity index (χ2v) is 10.5. The Hall–Kier alpha value is -3.12. The van der Waals surface area contributed by atoms with Crippen LogP contribution in [0.4, 0.5) is 5.69 Å². The minimum Gasteiger partial charge on any atom is -0.481 e. The maximum Gasteiger partial charge on any atom is 0.326 e. The largest absolute Gasteiger partial charge is 0.481 e. The summed E-state index contributed by atoms with van der Waals surface area (Å²) < 4.78 is 6.12. The van der Waals surface area contributed by atoms with E-state index in [1.807, 2.05) is 38.1 Å². The maximum absolute atomic E-state index is 12.8. The average Bonchev–Trinajstić information content (AvgIpc) is 2.88. The first kappa shape index (κ1) is 32.1. The summed E-state index contributed by atoms with van der Waals surface area (Å²) in [6, 6.07) is 8.66. The Labute approximate surface area is 244 Å². The molecule has 0 fully saturated rings. The van der Waals surface area contributed by atoms with Gasteiger partial charge in [0.15, 0.2) is 0 Å². The fraction of sp³-hybridized carbons (Fsp3) is 0.407. The van der Waals surface area contributed by atoms with E-state index in [1.165, 1.54) is 6.92 Å². The molecule has 0 saturated heterocycles. The van der Waals surface area contributed by atoms with Crippen molar-refractivity contribution in [3.05, 3.63) is 53.1 Å². The molecule has 0 unspecified atom stereocenters. The molecule has 0 aliphatic rings. The third kappa shape index (κ3) is 9.85. The summed E-state index contributed by atoms with van der Waals surface area (Å²) >= 11 is 6.97. The molecule has 12 heteroatoms. The standard InChI is InChI=1S/C27H33Br2N3O7/c1-16-14-19(26(36)30-18(3)25(35)31-22(27(37)38)8-9-23(33)34)15-17(2)24(16)39-21-6-4-20(5-7-21)32(12-10-28)13-11-29/h4-7,14-15,18,22H,8-13H2,1-3H3,(H,30,36)(H,31,35)(H,33,34)(H,37,38)/t18-,22-/m0/s1. The van der Waals surface area contributed by atoms with E-state index in [0.717, 1.165) is 40.6 Å². The number of anilines is 1. The number of nitrogens with zero attached hydrogens (tertiary/aromatic N) is 1. The Morgan fingerprint density at radius 2 is 1.51 bits per heavy atom. The number of nitrogens with one attached hydrogen (secondary N) is 2. The number of ether oxygens (including phenoxy) is 1. The summed E-state index contributed by atoms with van der Waals surface area (Å²) in [4.78, 5) is 49.6. The van der Waals surface area contributed by atoms with E-state index < -0.39 is 42.3 Å². The van der Waals surface area contributed by atoms with Gasteiger partial charge in [-0.15, -0.1) is 0 Å². The first-order valence-corrected chi connectivity index (χ1v) is 14.5. The van der Waals surface area contributed by atoms with Gasteiger partial charge in [-0.3, -0.25) is 14.4 Å². The van der Waals surface area contributed by atoms with Gasteiger partial charge in [-0.05, 0) is 74.7 Å². The van der Waals surface area contributed by atoms with Crippen LogP contribution in [0.15, 0.2) is 36.4 Å². The van der Waals surface area contributed by atoms with Gasteiger partial charge in [-0.25, -0.2) is 4.79 Å². The highest BCUT2D eigenvalue weighted by molar-refractivity contribution is 9.09. The lowest BCUT2D eigenvalue weighted by Gasteiger charge is -2.23. The predicted molar refractivity (Wildman–Crippen MR) is 156 cm³/mol. The Balaban J connectivity index is 2.07. The number of carbonyl (C=O) groups is 4. The number of carbonyl (C=O) groups excluding carboxylic acids is 2. The van der Waals surface area contributed by atoms with Gasteiger partial charge >= 0.3 is 11.9 Å². The summed E-state index contributed by atoms with van der Waals surface area (Å²) in [6.07, 6.45) is -0.687. The summed E-state index contributed by atoms with van der Waals surface area (Å²) in [6.45, 7) is 6.80. The van der Waals surface area contributed by atoms with Crippen molar-refractivity contribution < 1.29 is 34.1 Å². The van der Waals surface area contributed by atoms with Crippen LogP contribution in [0.3, 0.4) is 0 Å². The first-order valence-electron chi connectivity index (χ1n) is 12.3. The van der Waals surface area contributed by atoms with Gasteiger partial charge in [0.1, 0.15) is 23.6 Å². The number of amides is 2. The molecule has 2 atom stereocenters. The molecule has 0 heterocycles. The van der Waals surface area contributed by atoms with Gasteiger partial charge in [-0.1, -0.05) is 31.9 Å². The summed E-state index contributed by atoms with van der Waals surface area (Å²) in [7, 11) is 0. The quantitative estimate of drug-likeness (QED) is 0.206. The second kappa shape index (κ2) is 15.5. The number of hydrogen-bond donors (Lipinski definition) is 4. The SMILES string of the molecule is Cc1cc(C(=O)N[C@@H](C)C(=O)N[C@@H](CCC(=O)O)C(=O)O)cc(C)c1Oc1ccc(N(CCBr)CCBr)cc1. The lowest BCUT2D eigenvalue weighted by Crippen LogP contribution is -2.50. The number of carboxylic acid groups (broad SMARTS) is 2. The van der Waals surface area contributed by atoms with E-state index in [9.17, 15) is 24.3 Å². The molecule has 0 spiro atoms. The van der Waals surface area contributed by atoms with Crippen LogP contribution in [0.2, 0.25) is 0 Å². The van der Waals surface area contributed by atoms with E-state index in [0.29, 0.717) is 17.1 Å². The molecule has 2 aromatic rings. The van der Waals surface area contributed by atoms with Crippen molar-refractivity contribution in [2.45, 2.75) is 45.7 Å². The molecular weight excluding hydrogens is 638 g/mol. The molecule has 4 N–H and O–H groups in total. The Kier molecular flexibility index (Phi) is 12.7. The van der Waals surface area contributed by atoms with Crippen LogP contribution in [0.5, 0.6) is 11.5 Å². The molecule has 2 aromatic carbocycles. The zero-order valence-electron chi connectivity index (χ0n) is 22.0. The fourth-order valence-corrected chi connectivity index (χ4v) is 4.68. The molecule has 2 amide bonds. The van der Waals surface area contributed by atoms with Crippen LogP contribution in [0, 0.1) is 13.8 Å². The highest BCUT2D eigenvalue weighted by Crippen LogP contribution is 2.31. The number of carboxylic acids is 2. The lowest BCUT2D eigenvalue weighted by atomic mass is 10.0. The number of rotatable bonds is 15. The van der Waals surface area contributed by atoms with E-state index >= 15 is 0 Å². The molecule has 212 valence electrons. The lowest BCUT2D eigenvalue weighted by molar-refractivity contribution is -0.143. The number of aryl methyl sites for hydroxylation is 2. The minimum absolute atomic E-state index is 0.272. The highest BCUT2D eigenvalue weighted by atomic mass is 79.9. The van der Waals surface area contributed by atoms with Crippen LogP contribution < -0.4 is 20.3 Å². The number of hydrogen-bond acceptors (Lipinski definition) is 6. The maximum atomic E-state index is 12.8. The molecular formula is C27H33Br2N3O7. The van der Waals surface area contributed by atoms with Crippen LogP contribution in [0.25, 0.3) is 0 Å². The molecule has 39 heavy (non-hydrogen) atoms. The Bertz CT molecular complexity index is 1150. The molecule has 0 saturated carbocycles. The van der Waals surface area contributed by atoms with Gasteiger partial charge in [0, 0.05) is 41.4 Å². The number of aliphatic carboxylic acids is 2. The first-order chi connectivity index (χ1) is 18.5. The highest BCUT2D eigenvalue weighted by Gasteiger charge is 2.25. The normalized spacial score (nSPS) is 12.2. The third-order valence-electron chi connectivity index (χ3n) is 5.86. The second-order valence-electron chi connectivity index (χ2n) is 8.93. The smallest absolute Gasteiger partial charge is 0.326 e. The van der Waals surface area contributed by atoms with E-state index in [-0.39, 0.29) is 6.42 Å². The topological polar surface area (TPSA) is 145 Å². The summed E-state index contributed by atoms with van der Waals surface area (Å²) in [5, 5.41) is 24.5. The van der Waals surface area contributed by atoms with Crippen LogP contribution in [0.1, 0.15) is 41.3 Å². The molecule has 0 aromatic heterocycles. The average molecular weight is 671 g/mol. The Morgan fingerprint density at radius 1 is 0.949 bits per heavy atom. The predicted octanol–water partition coefficient (Wildman–Crippen LogP) is 4.24. The van der Waals surface area contributed by atoms with Crippen molar-refractivity contribution in [3.63, 3.8) is 0 Å². The van der Waals surface area contributed by atoms with Crippen LogP contribution in [-0.2, 0) is 14.4 Å². The third-order valence-corrected chi connectivity index (χ3v) is 6.56. The van der Waals surface area contributed by atoms with Crippen molar-refractivity contribution >= 4 is 61.3 Å². The molecule has 2 rings (SSSR count). The summed E-state index contributed by atoms with van der Waals surface area (Å²) in [5.74, 6) is -2.50. The zero-order valence-corrected chi connectivity index (χ0v) is 25.2. The van der Waals surface area contributed by atoms with Gasteiger partial charge in [0.2, 0.25) is 5.91 Å².